The summed E-state index contributed by atoms with van der Waals surface area (Å²) in [4.78, 5) is 28.9. The van der Waals surface area contributed by atoms with E-state index in [1.165, 1.54) is 11.2 Å². The SMILES string of the molecule is CC(C)(C)OC(=O)N(Cc1ccccc1)c1ncnc2c1ncn2[C@H]1C[C@@](O)([Si](C)(C)C(C)(C)C)[C@@H](CO[Si](C)(C)C(C)(C)C)O1. The van der Waals surface area contributed by atoms with E-state index in [1.54, 1.807) is 6.33 Å². The van der Waals surface area contributed by atoms with Crippen LogP contribution in [0, 0.1) is 0 Å². The third-order valence-corrected chi connectivity index (χ3v) is 21.3. The molecular weight excluding hydrogens is 615 g/mol. The normalized spacial score (nSPS) is 21.5. The van der Waals surface area contributed by atoms with E-state index >= 15 is 0 Å². The van der Waals surface area contributed by atoms with Crippen LogP contribution >= 0.6 is 0 Å². The average Bonchev–Trinajstić information content (AvgIpc) is 3.50. The minimum atomic E-state index is -2.40. The number of hydrogen-bond acceptors (Lipinski definition) is 8. The number of anilines is 1. The van der Waals surface area contributed by atoms with E-state index in [9.17, 15) is 9.90 Å². The summed E-state index contributed by atoms with van der Waals surface area (Å²) in [5.41, 5.74) is 1.18. The zero-order valence-electron chi connectivity index (χ0n) is 30.1. The van der Waals surface area contributed by atoms with Gasteiger partial charge in [0.05, 0.1) is 32.8 Å². The largest absolute Gasteiger partial charge is 0.443 e. The Hall–Kier alpha value is -2.65. The number of aliphatic hydroxyl groups is 1. The highest BCUT2D eigenvalue weighted by Crippen LogP contribution is 2.52. The highest BCUT2D eigenvalue weighted by Gasteiger charge is 2.62. The molecule has 3 heterocycles. The standard InChI is InChI=1S/C34H55N5O5Si2/c1-31(2,3)44-30(40)38(20-24-17-15-14-16-18-24)28-27-29(36-22-35-28)39(23-37-27)26-19-34(41,45(10,11)32(4,5)6)25(43-26)21-42-46(12,13)33(7,8)9/h14-18,22-23,25-26,41H,19-21H2,1-13H3/t25-,26-,34-/m1/s1. The van der Waals surface area contributed by atoms with Crippen molar-refractivity contribution in [3.05, 3.63) is 48.5 Å². The summed E-state index contributed by atoms with van der Waals surface area (Å²) < 4.78 is 21.1. The molecule has 1 N–H and O–H groups in total. The van der Waals surface area contributed by atoms with E-state index in [2.05, 4.69) is 77.7 Å². The molecule has 0 spiro atoms. The quantitative estimate of drug-likeness (QED) is 0.241. The molecule has 0 saturated carbocycles. The number of ether oxygens (including phenoxy) is 2. The highest BCUT2D eigenvalue weighted by atomic mass is 28.4. The zero-order chi connectivity index (χ0) is 34.5. The minimum absolute atomic E-state index is 0.0216. The number of benzene rings is 1. The smallest absolute Gasteiger partial charge is 0.416 e. The van der Waals surface area contributed by atoms with E-state index in [1.807, 2.05) is 55.7 Å². The van der Waals surface area contributed by atoms with Gasteiger partial charge in [-0.3, -0.25) is 9.47 Å². The summed E-state index contributed by atoms with van der Waals surface area (Å²) in [5.74, 6) is 0.345. The first-order chi connectivity index (χ1) is 21.0. The Balaban J connectivity index is 1.75. The Labute approximate surface area is 277 Å². The van der Waals surface area contributed by atoms with Crippen LogP contribution in [-0.2, 0) is 20.4 Å². The maximum absolute atomic E-state index is 13.6. The summed E-state index contributed by atoms with van der Waals surface area (Å²) in [7, 11) is -4.52. The molecule has 1 fully saturated rings. The molecule has 3 atom stereocenters. The zero-order valence-corrected chi connectivity index (χ0v) is 32.1. The molecule has 0 unspecified atom stereocenters. The van der Waals surface area contributed by atoms with Crippen molar-refractivity contribution < 1.29 is 23.8 Å². The summed E-state index contributed by atoms with van der Waals surface area (Å²) in [6, 6.07) is 9.70. The van der Waals surface area contributed by atoms with Crippen molar-refractivity contribution >= 4 is 39.5 Å². The van der Waals surface area contributed by atoms with Gasteiger partial charge in [-0.05, 0) is 49.5 Å². The van der Waals surface area contributed by atoms with Crippen molar-refractivity contribution in [1.82, 2.24) is 19.5 Å². The fourth-order valence-electron chi connectivity index (χ4n) is 5.45. The second-order valence-corrected chi connectivity index (χ2v) is 27.2. The molecule has 0 aliphatic carbocycles. The number of nitrogens with zero attached hydrogens (tertiary/aromatic N) is 5. The molecule has 4 rings (SSSR count). The molecule has 0 radical (unpaired) electrons. The first-order valence-electron chi connectivity index (χ1n) is 16.2. The summed E-state index contributed by atoms with van der Waals surface area (Å²) in [6.07, 6.45) is 1.89. The van der Waals surface area contributed by atoms with Crippen LogP contribution in [0.25, 0.3) is 11.2 Å². The van der Waals surface area contributed by atoms with Gasteiger partial charge < -0.3 is 19.0 Å². The summed E-state index contributed by atoms with van der Waals surface area (Å²) >= 11 is 0. The van der Waals surface area contributed by atoms with Crippen molar-refractivity contribution in [2.24, 2.45) is 0 Å². The van der Waals surface area contributed by atoms with Crippen molar-refractivity contribution in [2.45, 2.75) is 135 Å². The summed E-state index contributed by atoms with van der Waals surface area (Å²) in [5, 5.41) is 11.5. The second kappa shape index (κ2) is 12.4. The van der Waals surface area contributed by atoms with Crippen LogP contribution in [0.2, 0.25) is 36.3 Å². The van der Waals surface area contributed by atoms with E-state index < -0.39 is 45.6 Å². The van der Waals surface area contributed by atoms with Crippen LogP contribution in [0.5, 0.6) is 0 Å². The first-order valence-corrected chi connectivity index (χ1v) is 22.1. The second-order valence-electron chi connectivity index (χ2n) is 16.7. The van der Waals surface area contributed by atoms with Crippen molar-refractivity contribution in [1.29, 1.82) is 0 Å². The minimum Gasteiger partial charge on any atom is -0.443 e. The molecule has 1 amide bonds. The fourth-order valence-corrected chi connectivity index (χ4v) is 9.39. The molecule has 2 aromatic heterocycles. The van der Waals surface area contributed by atoms with Gasteiger partial charge in [0.2, 0.25) is 0 Å². The molecule has 46 heavy (non-hydrogen) atoms. The van der Waals surface area contributed by atoms with Gasteiger partial charge in [-0.15, -0.1) is 0 Å². The van der Waals surface area contributed by atoms with Gasteiger partial charge in [0.1, 0.15) is 24.3 Å². The first kappa shape index (κ1) is 36.2. The molecule has 1 aromatic carbocycles. The molecule has 1 aliphatic heterocycles. The molecule has 12 heteroatoms. The Bertz CT molecular complexity index is 1520. The number of carbonyl (C=O) groups is 1. The predicted molar refractivity (Wildman–Crippen MR) is 188 cm³/mol. The topological polar surface area (TPSA) is 112 Å². The maximum Gasteiger partial charge on any atom is 0.416 e. The van der Waals surface area contributed by atoms with E-state index in [-0.39, 0.29) is 16.6 Å². The Kier molecular flexibility index (Phi) is 9.78. The van der Waals surface area contributed by atoms with Gasteiger partial charge in [0.15, 0.2) is 25.3 Å². The van der Waals surface area contributed by atoms with E-state index in [0.29, 0.717) is 30.0 Å². The molecular formula is C34H55N5O5Si2. The van der Waals surface area contributed by atoms with E-state index in [0.717, 1.165) is 5.56 Å². The average molecular weight is 670 g/mol. The lowest BCUT2D eigenvalue weighted by atomic mass is 10.1. The predicted octanol–water partition coefficient (Wildman–Crippen LogP) is 7.86. The molecule has 0 bridgehead atoms. The summed E-state index contributed by atoms with van der Waals surface area (Å²) in [6.45, 7) is 28.3. The van der Waals surface area contributed by atoms with Gasteiger partial charge in [-0.2, -0.15) is 0 Å². The van der Waals surface area contributed by atoms with Gasteiger partial charge >= 0.3 is 6.09 Å². The van der Waals surface area contributed by atoms with Crippen molar-refractivity contribution in [2.75, 3.05) is 11.5 Å². The number of fused-ring (bicyclic) bond motifs is 1. The van der Waals surface area contributed by atoms with Crippen molar-refractivity contribution in [3.8, 4) is 0 Å². The fraction of sp³-hybridized carbons (Fsp3) is 0.647. The number of hydrogen-bond donors (Lipinski definition) is 1. The third kappa shape index (κ3) is 7.11. The molecule has 1 aliphatic rings. The molecule has 3 aromatic rings. The van der Waals surface area contributed by atoms with Crippen LogP contribution in [0.1, 0.15) is 80.5 Å². The lowest BCUT2D eigenvalue weighted by Crippen LogP contribution is -2.65. The van der Waals surface area contributed by atoms with Gasteiger partial charge in [0, 0.05) is 6.42 Å². The van der Waals surface area contributed by atoms with Gasteiger partial charge in [-0.25, -0.2) is 19.7 Å². The van der Waals surface area contributed by atoms with Crippen LogP contribution in [-0.4, -0.2) is 70.6 Å². The monoisotopic (exact) mass is 669 g/mol. The molecule has 1 saturated heterocycles. The Morgan fingerprint density at radius 1 is 1.00 bits per heavy atom. The van der Waals surface area contributed by atoms with Crippen LogP contribution in [0.3, 0.4) is 0 Å². The Morgan fingerprint density at radius 3 is 2.20 bits per heavy atom. The highest BCUT2D eigenvalue weighted by molar-refractivity contribution is 6.83. The third-order valence-electron chi connectivity index (χ3n) is 10.4. The molecule has 254 valence electrons. The van der Waals surface area contributed by atoms with Crippen LogP contribution < -0.4 is 4.90 Å². The maximum atomic E-state index is 13.6. The van der Waals surface area contributed by atoms with Gasteiger partial charge in [-0.1, -0.05) is 85.0 Å². The number of aromatic nitrogens is 4. The van der Waals surface area contributed by atoms with Crippen LogP contribution in [0.15, 0.2) is 43.0 Å². The molecule has 10 nitrogen and oxygen atoms in total. The van der Waals surface area contributed by atoms with Crippen molar-refractivity contribution in [3.63, 3.8) is 0 Å². The van der Waals surface area contributed by atoms with E-state index in [4.69, 9.17) is 18.9 Å². The number of rotatable bonds is 8. The number of amides is 1. The van der Waals surface area contributed by atoms with Gasteiger partial charge in [0.25, 0.3) is 0 Å². The lowest BCUT2D eigenvalue weighted by molar-refractivity contribution is -0.0549. The number of imidazole rings is 1. The number of carbonyl (C=O) groups excluding carboxylic acids is 1. The Morgan fingerprint density at radius 2 is 1.63 bits per heavy atom. The van der Waals surface area contributed by atoms with Crippen LogP contribution in [0.4, 0.5) is 10.6 Å². The lowest BCUT2D eigenvalue weighted by Gasteiger charge is -2.49.